The number of nitriles is 1. The molecule has 2 aliphatic rings. The number of ether oxygens (including phenoxy) is 1. The Kier molecular flexibility index (Phi) is 5.36. The molecular formula is C22H23N3O4. The summed E-state index contributed by atoms with van der Waals surface area (Å²) in [5.41, 5.74) is 0.246. The van der Waals surface area contributed by atoms with Crippen molar-refractivity contribution in [3.05, 3.63) is 42.0 Å². The highest BCUT2D eigenvalue weighted by atomic mass is 16.5. The normalized spacial score (nSPS) is 23.8. The molecule has 2 heterocycles. The van der Waals surface area contributed by atoms with Gasteiger partial charge in [0.15, 0.2) is 0 Å². The van der Waals surface area contributed by atoms with Crippen molar-refractivity contribution in [2.75, 3.05) is 13.2 Å². The van der Waals surface area contributed by atoms with Gasteiger partial charge >= 0.3 is 5.97 Å². The van der Waals surface area contributed by atoms with Gasteiger partial charge in [0.1, 0.15) is 18.4 Å². The van der Waals surface area contributed by atoms with E-state index in [1.54, 1.807) is 29.2 Å². The molecule has 0 aromatic heterocycles. The molecule has 2 aliphatic heterocycles. The number of carboxylic acids is 1. The van der Waals surface area contributed by atoms with Gasteiger partial charge in [-0.2, -0.15) is 5.26 Å². The first kappa shape index (κ1) is 19.2. The molecule has 2 aromatic carbocycles. The van der Waals surface area contributed by atoms with Crippen LogP contribution in [0.3, 0.4) is 0 Å². The first-order chi connectivity index (χ1) is 14.1. The summed E-state index contributed by atoms with van der Waals surface area (Å²) in [6, 6.07) is 12.2. The van der Waals surface area contributed by atoms with Crippen LogP contribution in [0.2, 0.25) is 0 Å². The fraction of sp³-hybridized carbons (Fsp3) is 0.409. The molecule has 2 saturated heterocycles. The van der Waals surface area contributed by atoms with Crippen LogP contribution in [0.4, 0.5) is 0 Å². The van der Waals surface area contributed by atoms with Gasteiger partial charge in [-0.3, -0.25) is 10.1 Å². The SMILES string of the molecule is N#C[C@@H]1CCCN1C(=O)[C@@H]1CC[C@H](COc2ccc(C(=O)O)c3ccccc23)N1. The third-order valence-corrected chi connectivity index (χ3v) is 5.78. The molecule has 7 heteroatoms. The minimum Gasteiger partial charge on any atom is -0.491 e. The summed E-state index contributed by atoms with van der Waals surface area (Å²) in [4.78, 5) is 25.9. The Labute approximate surface area is 168 Å². The molecule has 0 aliphatic carbocycles. The summed E-state index contributed by atoms with van der Waals surface area (Å²) in [5.74, 6) is -0.330. The van der Waals surface area contributed by atoms with Crippen molar-refractivity contribution in [1.29, 1.82) is 5.26 Å². The van der Waals surface area contributed by atoms with Crippen molar-refractivity contribution < 1.29 is 19.4 Å². The summed E-state index contributed by atoms with van der Waals surface area (Å²) < 4.78 is 6.00. The van der Waals surface area contributed by atoms with Gasteiger partial charge in [-0.25, -0.2) is 4.79 Å². The molecule has 29 heavy (non-hydrogen) atoms. The van der Waals surface area contributed by atoms with Crippen LogP contribution in [0.1, 0.15) is 36.0 Å². The third-order valence-electron chi connectivity index (χ3n) is 5.78. The number of likely N-dealkylation sites (tertiary alicyclic amines) is 1. The molecule has 0 spiro atoms. The second-order valence-electron chi connectivity index (χ2n) is 7.59. The number of carboxylic acid groups (broad SMARTS) is 1. The van der Waals surface area contributed by atoms with Gasteiger partial charge in [0.05, 0.1) is 17.7 Å². The largest absolute Gasteiger partial charge is 0.491 e. The predicted molar refractivity (Wildman–Crippen MR) is 107 cm³/mol. The summed E-state index contributed by atoms with van der Waals surface area (Å²) in [6.45, 7) is 1.04. The topological polar surface area (TPSA) is 103 Å². The molecule has 7 nitrogen and oxygen atoms in total. The van der Waals surface area contributed by atoms with Gasteiger partial charge in [0, 0.05) is 18.0 Å². The van der Waals surface area contributed by atoms with Gasteiger partial charge in [-0.05, 0) is 43.2 Å². The van der Waals surface area contributed by atoms with E-state index in [1.165, 1.54) is 0 Å². The van der Waals surface area contributed by atoms with Crippen LogP contribution in [0.25, 0.3) is 10.8 Å². The van der Waals surface area contributed by atoms with Gasteiger partial charge in [0.2, 0.25) is 5.91 Å². The Hall–Kier alpha value is -3.11. The number of rotatable bonds is 5. The summed E-state index contributed by atoms with van der Waals surface area (Å²) in [5, 5.41) is 23.3. The maximum atomic E-state index is 12.7. The van der Waals surface area contributed by atoms with E-state index in [9.17, 15) is 20.0 Å². The van der Waals surface area contributed by atoms with Crippen LogP contribution in [0.5, 0.6) is 5.75 Å². The maximum absolute atomic E-state index is 12.7. The molecule has 0 saturated carbocycles. The van der Waals surface area contributed by atoms with Crippen molar-refractivity contribution in [1.82, 2.24) is 10.2 Å². The highest BCUT2D eigenvalue weighted by Gasteiger charge is 2.37. The molecule has 2 fully saturated rings. The van der Waals surface area contributed by atoms with Gasteiger partial charge in [-0.1, -0.05) is 24.3 Å². The fourth-order valence-electron chi connectivity index (χ4n) is 4.28. The Balaban J connectivity index is 1.41. The van der Waals surface area contributed by atoms with Gasteiger partial charge < -0.3 is 14.7 Å². The number of nitrogens with zero attached hydrogens (tertiary/aromatic N) is 2. The maximum Gasteiger partial charge on any atom is 0.336 e. The van der Waals surface area contributed by atoms with Crippen LogP contribution in [0, 0.1) is 11.3 Å². The molecular weight excluding hydrogens is 370 g/mol. The van der Waals surface area contributed by atoms with E-state index in [0.29, 0.717) is 24.3 Å². The number of fused-ring (bicyclic) bond motifs is 1. The van der Waals surface area contributed by atoms with E-state index < -0.39 is 5.97 Å². The quantitative estimate of drug-likeness (QED) is 0.809. The molecule has 1 amide bonds. The minimum atomic E-state index is -0.968. The monoisotopic (exact) mass is 393 g/mol. The lowest BCUT2D eigenvalue weighted by atomic mass is 10.0. The van der Waals surface area contributed by atoms with Crippen molar-refractivity contribution in [2.45, 2.75) is 43.8 Å². The van der Waals surface area contributed by atoms with Crippen LogP contribution in [0.15, 0.2) is 36.4 Å². The number of carbonyl (C=O) groups is 2. The first-order valence-corrected chi connectivity index (χ1v) is 9.92. The predicted octanol–water partition coefficient (Wildman–Crippen LogP) is 2.55. The zero-order chi connectivity index (χ0) is 20.4. The summed E-state index contributed by atoms with van der Waals surface area (Å²) in [7, 11) is 0. The number of benzene rings is 2. The highest BCUT2D eigenvalue weighted by Crippen LogP contribution is 2.29. The van der Waals surface area contributed by atoms with E-state index in [1.807, 2.05) is 12.1 Å². The van der Waals surface area contributed by atoms with Gasteiger partial charge in [0.25, 0.3) is 0 Å². The van der Waals surface area contributed by atoms with Crippen molar-refractivity contribution in [3.8, 4) is 11.8 Å². The Bertz CT molecular complexity index is 984. The Morgan fingerprint density at radius 2 is 1.97 bits per heavy atom. The van der Waals surface area contributed by atoms with Crippen molar-refractivity contribution in [3.63, 3.8) is 0 Å². The van der Waals surface area contributed by atoms with Crippen molar-refractivity contribution in [2.24, 2.45) is 0 Å². The molecule has 2 N–H and O–H groups in total. The van der Waals surface area contributed by atoms with Crippen molar-refractivity contribution >= 4 is 22.6 Å². The number of carbonyl (C=O) groups excluding carboxylic acids is 1. The zero-order valence-electron chi connectivity index (χ0n) is 16.0. The third kappa shape index (κ3) is 3.76. The second kappa shape index (κ2) is 8.10. The Morgan fingerprint density at radius 1 is 1.17 bits per heavy atom. The molecule has 0 radical (unpaired) electrons. The lowest BCUT2D eigenvalue weighted by molar-refractivity contribution is -0.133. The first-order valence-electron chi connectivity index (χ1n) is 9.92. The van der Waals surface area contributed by atoms with Crippen LogP contribution in [-0.2, 0) is 4.79 Å². The molecule has 150 valence electrons. The van der Waals surface area contributed by atoms with E-state index in [2.05, 4.69) is 11.4 Å². The summed E-state index contributed by atoms with van der Waals surface area (Å²) >= 11 is 0. The lowest BCUT2D eigenvalue weighted by Crippen LogP contribution is -2.47. The number of aromatic carboxylic acids is 1. The zero-order valence-corrected chi connectivity index (χ0v) is 16.0. The van der Waals surface area contributed by atoms with E-state index in [-0.39, 0.29) is 29.6 Å². The van der Waals surface area contributed by atoms with Crippen LogP contribution < -0.4 is 10.1 Å². The van der Waals surface area contributed by atoms with E-state index in [0.717, 1.165) is 31.1 Å². The second-order valence-corrected chi connectivity index (χ2v) is 7.59. The number of nitrogens with one attached hydrogen (secondary N) is 1. The lowest BCUT2D eigenvalue weighted by Gasteiger charge is -2.24. The van der Waals surface area contributed by atoms with E-state index in [4.69, 9.17) is 4.74 Å². The van der Waals surface area contributed by atoms with Crippen LogP contribution in [-0.4, -0.2) is 53.2 Å². The average molecular weight is 393 g/mol. The average Bonchev–Trinajstić information content (AvgIpc) is 3.40. The Morgan fingerprint density at radius 3 is 2.72 bits per heavy atom. The highest BCUT2D eigenvalue weighted by molar-refractivity contribution is 6.05. The molecule has 2 aromatic rings. The molecule has 0 bridgehead atoms. The van der Waals surface area contributed by atoms with E-state index >= 15 is 0 Å². The number of amides is 1. The summed E-state index contributed by atoms with van der Waals surface area (Å²) in [6.07, 6.45) is 3.16. The number of hydrogen-bond acceptors (Lipinski definition) is 5. The molecule has 3 atom stereocenters. The number of hydrogen-bond donors (Lipinski definition) is 2. The standard InChI is InChI=1S/C22H23N3O4/c23-12-15-4-3-11-25(15)21(26)19-9-7-14(24-19)13-29-20-10-8-18(22(27)28)16-5-1-2-6-17(16)20/h1-2,5-6,8,10,14-15,19,24H,3-4,7,9,11,13H2,(H,27,28)/t14-,15+,19+/m1/s1. The minimum absolute atomic E-state index is 0.00723. The molecule has 4 rings (SSSR count). The van der Waals surface area contributed by atoms with Gasteiger partial charge in [-0.15, -0.1) is 0 Å². The molecule has 0 unspecified atom stereocenters. The van der Waals surface area contributed by atoms with Crippen LogP contribution >= 0.6 is 0 Å². The smallest absolute Gasteiger partial charge is 0.336 e. The fourth-order valence-corrected chi connectivity index (χ4v) is 4.28.